The third-order valence-electron chi connectivity index (χ3n) is 4.06. The molecule has 2 amide bonds. The number of carbonyl (C=O) groups excluding carboxylic acids is 2. The van der Waals surface area contributed by atoms with E-state index in [1.165, 1.54) is 0 Å². The second-order valence-electron chi connectivity index (χ2n) is 6.50. The average molecular weight is 346 g/mol. The molecule has 1 atom stereocenters. The van der Waals surface area contributed by atoms with Gasteiger partial charge in [-0.25, -0.2) is 0 Å². The van der Waals surface area contributed by atoms with Gasteiger partial charge in [0.05, 0.1) is 0 Å². The van der Waals surface area contributed by atoms with E-state index in [1.807, 2.05) is 54.8 Å². The van der Waals surface area contributed by atoms with Crippen LogP contribution in [0.3, 0.4) is 0 Å². The van der Waals surface area contributed by atoms with Gasteiger partial charge < -0.3 is 10.2 Å². The summed E-state index contributed by atoms with van der Waals surface area (Å²) in [6, 6.07) is 7.52. The first-order valence-corrected chi connectivity index (χ1v) is 9.69. The highest BCUT2D eigenvalue weighted by Crippen LogP contribution is 2.21. The Morgan fingerprint density at radius 3 is 2.62 bits per heavy atom. The van der Waals surface area contributed by atoms with Crippen molar-refractivity contribution in [2.24, 2.45) is 5.92 Å². The van der Waals surface area contributed by atoms with Gasteiger partial charge in [-0.3, -0.25) is 9.59 Å². The standard InChI is InChI=1S/C19H26N2O2S/c1-14(2)10-18(22)20-11-15-4-6-17(7-5-15)19(23)21-9-8-16(12-21)13-24-3/h4-7,10,16H,8-9,11-13H2,1-3H3,(H,20,22)/t16-/m0/s1. The van der Waals surface area contributed by atoms with Gasteiger partial charge in [0.25, 0.3) is 5.91 Å². The number of hydrogen-bond acceptors (Lipinski definition) is 3. The number of hydrogen-bond donors (Lipinski definition) is 1. The summed E-state index contributed by atoms with van der Waals surface area (Å²) in [5, 5.41) is 2.84. The Morgan fingerprint density at radius 1 is 1.29 bits per heavy atom. The first-order chi connectivity index (χ1) is 11.5. The highest BCUT2D eigenvalue weighted by molar-refractivity contribution is 7.98. The van der Waals surface area contributed by atoms with Crippen LogP contribution in [0.2, 0.25) is 0 Å². The van der Waals surface area contributed by atoms with E-state index in [9.17, 15) is 9.59 Å². The fourth-order valence-electron chi connectivity index (χ4n) is 2.84. The van der Waals surface area contributed by atoms with E-state index in [0.29, 0.717) is 12.5 Å². The molecule has 0 radical (unpaired) electrons. The summed E-state index contributed by atoms with van der Waals surface area (Å²) in [5.74, 6) is 1.76. The van der Waals surface area contributed by atoms with Crippen LogP contribution in [-0.2, 0) is 11.3 Å². The monoisotopic (exact) mass is 346 g/mol. The molecule has 24 heavy (non-hydrogen) atoms. The average Bonchev–Trinajstić information content (AvgIpc) is 3.01. The van der Waals surface area contributed by atoms with E-state index in [1.54, 1.807) is 6.08 Å². The summed E-state index contributed by atoms with van der Waals surface area (Å²) < 4.78 is 0. The van der Waals surface area contributed by atoms with Crippen molar-refractivity contribution in [3.63, 3.8) is 0 Å². The van der Waals surface area contributed by atoms with E-state index in [-0.39, 0.29) is 11.8 Å². The molecule has 0 spiro atoms. The van der Waals surface area contributed by atoms with E-state index < -0.39 is 0 Å². The van der Waals surface area contributed by atoms with Crippen LogP contribution in [0.5, 0.6) is 0 Å². The van der Waals surface area contributed by atoms with Crippen LogP contribution in [0.25, 0.3) is 0 Å². The van der Waals surface area contributed by atoms with Crippen molar-refractivity contribution in [2.75, 3.05) is 25.1 Å². The van der Waals surface area contributed by atoms with Gasteiger partial charge in [-0.2, -0.15) is 11.8 Å². The lowest BCUT2D eigenvalue weighted by molar-refractivity contribution is -0.116. The van der Waals surface area contributed by atoms with Crippen LogP contribution in [0, 0.1) is 5.92 Å². The summed E-state index contributed by atoms with van der Waals surface area (Å²) in [6.07, 6.45) is 4.79. The number of carbonyl (C=O) groups is 2. The van der Waals surface area contributed by atoms with Crippen LogP contribution < -0.4 is 5.32 Å². The maximum absolute atomic E-state index is 12.5. The zero-order valence-electron chi connectivity index (χ0n) is 14.7. The van der Waals surface area contributed by atoms with Crippen molar-refractivity contribution >= 4 is 23.6 Å². The maximum atomic E-state index is 12.5. The number of likely N-dealkylation sites (tertiary alicyclic amines) is 1. The molecule has 1 aliphatic rings. The molecule has 0 unspecified atom stereocenters. The topological polar surface area (TPSA) is 49.4 Å². The third kappa shape index (κ3) is 5.41. The van der Waals surface area contributed by atoms with Crippen LogP contribution in [0.4, 0.5) is 0 Å². The second kappa shape index (κ2) is 8.92. The Bertz CT molecular complexity index is 606. The minimum absolute atomic E-state index is 0.0907. The lowest BCUT2D eigenvalue weighted by Crippen LogP contribution is -2.29. The molecule has 0 aromatic heterocycles. The minimum atomic E-state index is -0.0907. The largest absolute Gasteiger partial charge is 0.348 e. The van der Waals surface area contributed by atoms with Gasteiger partial charge >= 0.3 is 0 Å². The Balaban J connectivity index is 1.88. The van der Waals surface area contributed by atoms with Crippen molar-refractivity contribution in [3.05, 3.63) is 47.0 Å². The number of allylic oxidation sites excluding steroid dienone is 1. The zero-order valence-corrected chi connectivity index (χ0v) is 15.5. The van der Waals surface area contributed by atoms with Crippen molar-refractivity contribution in [2.45, 2.75) is 26.8 Å². The molecule has 2 rings (SSSR count). The van der Waals surface area contributed by atoms with Gasteiger partial charge in [-0.1, -0.05) is 17.7 Å². The second-order valence-corrected chi connectivity index (χ2v) is 7.41. The Labute approximate surface area is 148 Å². The van der Waals surface area contributed by atoms with Gasteiger partial charge in [-0.15, -0.1) is 0 Å². The predicted octanol–water partition coefficient (Wildman–Crippen LogP) is 3.09. The van der Waals surface area contributed by atoms with Gasteiger partial charge in [-0.05, 0) is 55.9 Å². The lowest BCUT2D eigenvalue weighted by Gasteiger charge is -2.16. The summed E-state index contributed by atoms with van der Waals surface area (Å²) in [5.41, 5.74) is 2.68. The molecule has 0 aliphatic carbocycles. The van der Waals surface area contributed by atoms with E-state index in [2.05, 4.69) is 11.6 Å². The zero-order chi connectivity index (χ0) is 17.5. The molecular weight excluding hydrogens is 320 g/mol. The molecule has 1 N–H and O–H groups in total. The molecule has 1 aromatic carbocycles. The molecule has 4 nitrogen and oxygen atoms in total. The summed E-state index contributed by atoms with van der Waals surface area (Å²) >= 11 is 1.85. The SMILES string of the molecule is CSC[C@H]1CCN(C(=O)c2ccc(CNC(=O)C=C(C)C)cc2)C1. The molecule has 130 valence electrons. The van der Waals surface area contributed by atoms with Gasteiger partial charge in [0, 0.05) is 31.3 Å². The number of nitrogens with zero attached hydrogens (tertiary/aromatic N) is 1. The number of amides is 2. The fraction of sp³-hybridized carbons (Fsp3) is 0.474. The Hall–Kier alpha value is -1.75. The normalized spacial score (nSPS) is 16.8. The van der Waals surface area contributed by atoms with Crippen LogP contribution >= 0.6 is 11.8 Å². The summed E-state index contributed by atoms with van der Waals surface area (Å²) in [4.78, 5) is 26.1. The smallest absolute Gasteiger partial charge is 0.253 e. The van der Waals surface area contributed by atoms with Gasteiger partial charge in [0.2, 0.25) is 5.91 Å². The van der Waals surface area contributed by atoms with Crippen LogP contribution in [0.1, 0.15) is 36.2 Å². The van der Waals surface area contributed by atoms with E-state index >= 15 is 0 Å². The molecule has 1 heterocycles. The minimum Gasteiger partial charge on any atom is -0.348 e. The Kier molecular flexibility index (Phi) is 6.91. The molecule has 0 bridgehead atoms. The molecular formula is C19H26N2O2S. The highest BCUT2D eigenvalue weighted by atomic mass is 32.2. The fourth-order valence-corrected chi connectivity index (χ4v) is 3.58. The lowest BCUT2D eigenvalue weighted by atomic mass is 10.1. The molecule has 5 heteroatoms. The first-order valence-electron chi connectivity index (χ1n) is 8.29. The summed E-state index contributed by atoms with van der Waals surface area (Å²) in [6.45, 7) is 5.96. The number of rotatable bonds is 6. The van der Waals surface area contributed by atoms with Crippen molar-refractivity contribution < 1.29 is 9.59 Å². The molecule has 1 saturated heterocycles. The number of thioether (sulfide) groups is 1. The van der Waals surface area contributed by atoms with E-state index in [4.69, 9.17) is 0 Å². The first kappa shape index (κ1) is 18.6. The Morgan fingerprint density at radius 2 is 2.00 bits per heavy atom. The van der Waals surface area contributed by atoms with Gasteiger partial charge in [0.1, 0.15) is 0 Å². The molecule has 1 aliphatic heterocycles. The third-order valence-corrected chi connectivity index (χ3v) is 4.87. The highest BCUT2D eigenvalue weighted by Gasteiger charge is 2.26. The number of nitrogens with one attached hydrogen (secondary N) is 1. The number of benzene rings is 1. The maximum Gasteiger partial charge on any atom is 0.253 e. The molecule has 1 fully saturated rings. The van der Waals surface area contributed by atoms with Crippen molar-refractivity contribution in [3.8, 4) is 0 Å². The van der Waals surface area contributed by atoms with Crippen LogP contribution in [0.15, 0.2) is 35.9 Å². The van der Waals surface area contributed by atoms with Gasteiger partial charge in [0.15, 0.2) is 0 Å². The van der Waals surface area contributed by atoms with Crippen molar-refractivity contribution in [1.29, 1.82) is 0 Å². The molecule has 0 saturated carbocycles. The quantitative estimate of drug-likeness (QED) is 0.805. The van der Waals surface area contributed by atoms with Crippen molar-refractivity contribution in [1.82, 2.24) is 10.2 Å². The van der Waals surface area contributed by atoms with Crippen LogP contribution in [-0.4, -0.2) is 41.8 Å². The van der Waals surface area contributed by atoms with E-state index in [0.717, 1.165) is 42.0 Å². The summed E-state index contributed by atoms with van der Waals surface area (Å²) in [7, 11) is 0. The molecule has 1 aromatic rings. The predicted molar refractivity (Wildman–Crippen MR) is 100 cm³/mol.